The van der Waals surface area contributed by atoms with Crippen molar-refractivity contribution in [3.05, 3.63) is 287 Å². The van der Waals surface area contributed by atoms with Crippen LogP contribution in [0.4, 0.5) is 11.4 Å². The van der Waals surface area contributed by atoms with E-state index in [-0.39, 0.29) is 0 Å². The maximum Gasteiger partial charge on any atom is 0.0726 e. The minimum absolute atomic E-state index is 0.601. The molecule has 9 aromatic rings. The predicted molar refractivity (Wildman–Crippen MR) is 304 cm³/mol. The molecule has 1 spiro atoms. The molecule has 0 saturated heterocycles. The number of benzene rings is 9. The fourth-order valence-corrected chi connectivity index (χ4v) is 11.3. The summed E-state index contributed by atoms with van der Waals surface area (Å²) in [5.41, 5.74) is 21.5. The Morgan fingerprint density at radius 2 is 1.14 bits per heavy atom. The molecule has 0 radical (unpaired) electrons. The van der Waals surface area contributed by atoms with Crippen LogP contribution >= 0.6 is 0 Å². The first-order valence-corrected chi connectivity index (χ1v) is 24.8. The standard InChI is InChI=1S/C67H53N.C2H6/c1-6-9-37-64(46(5)42-48-26-14-13-25-45(48)4)68(50-27-11-10-12-28-50)65-44-63-66(58-34-18-17-33-57(58)65)59-39-38-49(52-41-40-51(47(23-7-2)24-8-3)53-29-15-16-30-54(52)53)43-62(59)67(63)60-35-21-19-31-55(60)56-32-20-22-36-61(56)67;1-2/h6-44H,2H2,1,3-5H3;1-2H3/b9-6-,24-8-,46-42+,47-23+,64-37+;. The van der Waals surface area contributed by atoms with E-state index >= 15 is 0 Å². The second kappa shape index (κ2) is 19.4. The molecule has 0 aromatic heterocycles. The molecule has 9 aromatic carbocycles. The van der Waals surface area contributed by atoms with Crippen molar-refractivity contribution in [2.75, 3.05) is 4.90 Å². The molecule has 70 heavy (non-hydrogen) atoms. The van der Waals surface area contributed by atoms with Gasteiger partial charge in [-0.2, -0.15) is 0 Å². The Morgan fingerprint density at radius 3 is 1.83 bits per heavy atom. The van der Waals surface area contributed by atoms with Crippen LogP contribution in [0.2, 0.25) is 0 Å². The van der Waals surface area contributed by atoms with Crippen LogP contribution in [0.25, 0.3) is 66.6 Å². The molecule has 2 aliphatic rings. The summed E-state index contributed by atoms with van der Waals surface area (Å²) < 4.78 is 0. The Hall–Kier alpha value is -8.26. The van der Waals surface area contributed by atoms with E-state index < -0.39 is 5.41 Å². The maximum atomic E-state index is 4.05. The normalized spacial score (nSPS) is 13.6. The summed E-state index contributed by atoms with van der Waals surface area (Å²) in [7, 11) is 0. The monoisotopic (exact) mass is 901 g/mol. The number of allylic oxidation sites excluding steroid dienone is 9. The molecular formula is C69H59N. The highest BCUT2D eigenvalue weighted by molar-refractivity contribution is 6.12. The maximum absolute atomic E-state index is 4.05. The van der Waals surface area contributed by atoms with E-state index in [9.17, 15) is 0 Å². The van der Waals surface area contributed by atoms with E-state index in [1.54, 1.807) is 0 Å². The third-order valence-electron chi connectivity index (χ3n) is 14.2. The van der Waals surface area contributed by atoms with E-state index in [0.717, 1.165) is 22.6 Å². The van der Waals surface area contributed by atoms with Gasteiger partial charge >= 0.3 is 0 Å². The van der Waals surface area contributed by atoms with E-state index in [1.165, 1.54) is 99.4 Å². The molecule has 1 heteroatoms. The van der Waals surface area contributed by atoms with Crippen molar-refractivity contribution in [3.63, 3.8) is 0 Å². The highest BCUT2D eigenvalue weighted by atomic mass is 15.2. The van der Waals surface area contributed by atoms with Crippen LogP contribution in [-0.2, 0) is 5.41 Å². The molecule has 0 aliphatic heterocycles. The van der Waals surface area contributed by atoms with Crippen molar-refractivity contribution in [2.24, 2.45) is 0 Å². The largest absolute Gasteiger partial charge is 0.310 e. The van der Waals surface area contributed by atoms with E-state index in [2.05, 4.69) is 270 Å². The fraction of sp³-hybridized carbons (Fsp3) is 0.101. The second-order valence-corrected chi connectivity index (χ2v) is 18.0. The molecule has 0 unspecified atom stereocenters. The number of hydrogen-bond acceptors (Lipinski definition) is 1. The molecule has 1 nitrogen and oxygen atoms in total. The van der Waals surface area contributed by atoms with E-state index in [1.807, 2.05) is 19.9 Å². The molecule has 11 rings (SSSR count). The van der Waals surface area contributed by atoms with Gasteiger partial charge in [-0.25, -0.2) is 0 Å². The van der Waals surface area contributed by atoms with Gasteiger partial charge in [0.05, 0.1) is 11.1 Å². The summed E-state index contributed by atoms with van der Waals surface area (Å²) in [6.45, 7) is 16.7. The molecule has 0 fully saturated rings. The molecule has 340 valence electrons. The Morgan fingerprint density at radius 1 is 0.529 bits per heavy atom. The Labute approximate surface area is 415 Å². The summed E-state index contributed by atoms with van der Waals surface area (Å²) in [5.74, 6) is 0. The van der Waals surface area contributed by atoms with E-state index in [0.29, 0.717) is 0 Å². The zero-order chi connectivity index (χ0) is 48.4. The van der Waals surface area contributed by atoms with Crippen LogP contribution in [0.1, 0.15) is 73.6 Å². The van der Waals surface area contributed by atoms with Gasteiger partial charge in [0.15, 0.2) is 0 Å². The minimum atomic E-state index is -0.601. The molecule has 0 saturated carbocycles. The average molecular weight is 902 g/mol. The van der Waals surface area contributed by atoms with Gasteiger partial charge in [0.1, 0.15) is 0 Å². The Balaban J connectivity index is 0.00000280. The van der Waals surface area contributed by atoms with Crippen LogP contribution in [0.15, 0.2) is 248 Å². The molecule has 0 bridgehead atoms. The predicted octanol–water partition coefficient (Wildman–Crippen LogP) is 19.2. The Kier molecular flexibility index (Phi) is 12.6. The topological polar surface area (TPSA) is 3.24 Å². The van der Waals surface area contributed by atoms with Gasteiger partial charge in [0.2, 0.25) is 0 Å². The number of anilines is 2. The summed E-state index contributed by atoms with van der Waals surface area (Å²) in [5, 5.41) is 4.88. The van der Waals surface area contributed by atoms with Crippen LogP contribution in [0.5, 0.6) is 0 Å². The molecule has 0 atom stereocenters. The second-order valence-electron chi connectivity index (χ2n) is 18.0. The van der Waals surface area contributed by atoms with E-state index in [4.69, 9.17) is 0 Å². The van der Waals surface area contributed by atoms with Gasteiger partial charge in [-0.1, -0.05) is 221 Å². The summed E-state index contributed by atoms with van der Waals surface area (Å²) in [6, 6.07) is 70.2. The molecule has 0 amide bonds. The molecule has 0 heterocycles. The first-order chi connectivity index (χ1) is 34.5. The van der Waals surface area contributed by atoms with Crippen molar-refractivity contribution < 1.29 is 0 Å². The SMILES string of the molecule is C=C/C=C(\C=C/C)c1ccc(-c2ccc3c(c2)C2(c4ccccc4-c4ccccc42)c2cc(N(C(=C/C=C\C)/C(C)=C/c4ccccc4C)c4ccccc4)c4ccccc4c2-3)c2ccccc12.CC. The van der Waals surface area contributed by atoms with Gasteiger partial charge in [0.25, 0.3) is 0 Å². The van der Waals surface area contributed by atoms with Gasteiger partial charge in [0, 0.05) is 16.8 Å². The average Bonchev–Trinajstić information content (AvgIpc) is 3.88. The minimum Gasteiger partial charge on any atom is -0.310 e. The van der Waals surface area contributed by atoms with Crippen LogP contribution < -0.4 is 4.90 Å². The van der Waals surface area contributed by atoms with Gasteiger partial charge in [-0.3, -0.25) is 0 Å². The number of rotatable bonds is 10. The number of hydrogen-bond donors (Lipinski definition) is 0. The van der Waals surface area contributed by atoms with Crippen LogP contribution in [0, 0.1) is 6.92 Å². The molecular weight excluding hydrogens is 843 g/mol. The fourth-order valence-electron chi connectivity index (χ4n) is 11.3. The van der Waals surface area contributed by atoms with Crippen LogP contribution in [0.3, 0.4) is 0 Å². The lowest BCUT2D eigenvalue weighted by Crippen LogP contribution is -2.26. The zero-order valence-corrected chi connectivity index (χ0v) is 41.2. The lowest BCUT2D eigenvalue weighted by Gasteiger charge is -2.34. The van der Waals surface area contributed by atoms with Gasteiger partial charge < -0.3 is 4.90 Å². The Bertz CT molecular complexity index is 3580. The van der Waals surface area contributed by atoms with Crippen LogP contribution in [-0.4, -0.2) is 0 Å². The highest BCUT2D eigenvalue weighted by Gasteiger charge is 2.52. The highest BCUT2D eigenvalue weighted by Crippen LogP contribution is 2.65. The zero-order valence-electron chi connectivity index (χ0n) is 41.2. The molecule has 2 aliphatic carbocycles. The smallest absolute Gasteiger partial charge is 0.0726 e. The molecule has 0 N–H and O–H groups in total. The van der Waals surface area contributed by atoms with Crippen molar-refractivity contribution in [2.45, 2.75) is 47.0 Å². The summed E-state index contributed by atoms with van der Waals surface area (Å²) in [4.78, 5) is 2.50. The third-order valence-corrected chi connectivity index (χ3v) is 14.2. The first kappa shape index (κ1) is 45.5. The third kappa shape index (κ3) is 7.41. The first-order valence-electron chi connectivity index (χ1n) is 24.8. The van der Waals surface area contributed by atoms with Crippen molar-refractivity contribution in [3.8, 4) is 33.4 Å². The lowest BCUT2D eigenvalue weighted by molar-refractivity contribution is 0.794. The number of para-hydroxylation sites is 1. The summed E-state index contributed by atoms with van der Waals surface area (Å²) in [6.07, 6.45) is 17.2. The lowest BCUT2D eigenvalue weighted by atomic mass is 9.70. The van der Waals surface area contributed by atoms with Gasteiger partial charge in [-0.15, -0.1) is 0 Å². The number of fused-ring (bicyclic) bond motifs is 13. The number of aryl methyl sites for hydroxylation is 1. The van der Waals surface area contributed by atoms with Crippen molar-refractivity contribution >= 4 is 44.6 Å². The van der Waals surface area contributed by atoms with Gasteiger partial charge in [-0.05, 0) is 164 Å². The van der Waals surface area contributed by atoms with Crippen molar-refractivity contribution in [1.29, 1.82) is 0 Å². The number of nitrogens with zero attached hydrogens (tertiary/aromatic N) is 1. The summed E-state index contributed by atoms with van der Waals surface area (Å²) >= 11 is 0. The quantitative estimate of drug-likeness (QED) is 0.124. The van der Waals surface area contributed by atoms with Crippen molar-refractivity contribution in [1.82, 2.24) is 0 Å².